The van der Waals surface area contributed by atoms with E-state index in [-0.39, 0.29) is 30.5 Å². The van der Waals surface area contributed by atoms with Crippen LogP contribution in [0, 0.1) is 0 Å². The number of rotatable bonds is 2. The standard InChI is InChI=1S/C11H18N2O3/c1-11(2)10(15)13(6-9(14)12-11)7-4-8(5-7)16-3/h7-8H,4-6H2,1-3H3,(H,12,14). The van der Waals surface area contributed by atoms with Gasteiger partial charge in [-0.05, 0) is 26.7 Å². The fraction of sp³-hybridized carbons (Fsp3) is 0.818. The zero-order chi connectivity index (χ0) is 11.9. The molecule has 1 saturated carbocycles. The van der Waals surface area contributed by atoms with E-state index in [1.165, 1.54) is 0 Å². The predicted octanol–water partition coefficient (Wildman–Crippen LogP) is -0.0992. The second-order valence-electron chi connectivity index (χ2n) is 5.09. The van der Waals surface area contributed by atoms with E-state index in [0.29, 0.717) is 0 Å². The Hall–Kier alpha value is -1.10. The molecule has 1 saturated heterocycles. The fourth-order valence-corrected chi connectivity index (χ4v) is 2.31. The summed E-state index contributed by atoms with van der Waals surface area (Å²) in [6, 6.07) is 0.169. The minimum absolute atomic E-state index is 0.00616. The van der Waals surface area contributed by atoms with Crippen LogP contribution in [-0.4, -0.2) is 48.1 Å². The van der Waals surface area contributed by atoms with Crippen LogP contribution in [-0.2, 0) is 14.3 Å². The van der Waals surface area contributed by atoms with Crippen LogP contribution in [0.2, 0.25) is 0 Å². The highest BCUT2D eigenvalue weighted by atomic mass is 16.5. The van der Waals surface area contributed by atoms with Crippen molar-refractivity contribution in [3.05, 3.63) is 0 Å². The van der Waals surface area contributed by atoms with Gasteiger partial charge in [-0.2, -0.15) is 0 Å². The Morgan fingerprint density at radius 3 is 2.56 bits per heavy atom. The molecule has 0 aromatic rings. The third-order valence-corrected chi connectivity index (χ3v) is 3.41. The first-order valence-corrected chi connectivity index (χ1v) is 5.59. The number of carbonyl (C=O) groups is 2. The van der Waals surface area contributed by atoms with E-state index in [4.69, 9.17) is 4.74 Å². The van der Waals surface area contributed by atoms with Crippen LogP contribution in [0.3, 0.4) is 0 Å². The van der Waals surface area contributed by atoms with Gasteiger partial charge in [0.2, 0.25) is 11.8 Å². The van der Waals surface area contributed by atoms with Crippen LogP contribution < -0.4 is 5.32 Å². The molecular formula is C11H18N2O3. The summed E-state index contributed by atoms with van der Waals surface area (Å²) in [7, 11) is 1.68. The molecule has 0 bridgehead atoms. The molecule has 2 amide bonds. The van der Waals surface area contributed by atoms with Gasteiger partial charge < -0.3 is 15.0 Å². The molecule has 0 radical (unpaired) electrons. The van der Waals surface area contributed by atoms with E-state index in [9.17, 15) is 9.59 Å². The highest BCUT2D eigenvalue weighted by Crippen LogP contribution is 2.30. The van der Waals surface area contributed by atoms with Gasteiger partial charge in [0.05, 0.1) is 12.6 Å². The van der Waals surface area contributed by atoms with Gasteiger partial charge in [-0.15, -0.1) is 0 Å². The zero-order valence-electron chi connectivity index (χ0n) is 9.95. The summed E-state index contributed by atoms with van der Waals surface area (Å²) in [5, 5.41) is 2.70. The quantitative estimate of drug-likeness (QED) is 0.715. The first-order chi connectivity index (χ1) is 7.44. The van der Waals surface area contributed by atoms with Crippen molar-refractivity contribution < 1.29 is 14.3 Å². The molecule has 2 aliphatic rings. The topological polar surface area (TPSA) is 58.6 Å². The lowest BCUT2D eigenvalue weighted by Crippen LogP contribution is -2.67. The van der Waals surface area contributed by atoms with Gasteiger partial charge >= 0.3 is 0 Å². The first-order valence-electron chi connectivity index (χ1n) is 5.59. The molecule has 0 spiro atoms. The van der Waals surface area contributed by atoms with Crippen molar-refractivity contribution in [1.29, 1.82) is 0 Å². The molecule has 16 heavy (non-hydrogen) atoms. The molecule has 0 aromatic carbocycles. The van der Waals surface area contributed by atoms with Gasteiger partial charge in [0, 0.05) is 13.2 Å². The maximum absolute atomic E-state index is 12.1. The number of methoxy groups -OCH3 is 1. The molecule has 0 aromatic heterocycles. The maximum Gasteiger partial charge on any atom is 0.248 e. The number of hydrogen-bond donors (Lipinski definition) is 1. The van der Waals surface area contributed by atoms with Crippen LogP contribution in [0.4, 0.5) is 0 Å². The molecule has 0 unspecified atom stereocenters. The molecule has 5 heteroatoms. The van der Waals surface area contributed by atoms with Crippen molar-refractivity contribution in [2.45, 2.75) is 44.4 Å². The Morgan fingerprint density at radius 2 is 2.00 bits per heavy atom. The summed E-state index contributed by atoms with van der Waals surface area (Å²) in [6.45, 7) is 3.67. The lowest BCUT2D eigenvalue weighted by Gasteiger charge is -2.47. The van der Waals surface area contributed by atoms with Gasteiger partial charge in [0.25, 0.3) is 0 Å². The molecule has 5 nitrogen and oxygen atoms in total. The Balaban J connectivity index is 2.04. The smallest absolute Gasteiger partial charge is 0.248 e. The van der Waals surface area contributed by atoms with E-state index < -0.39 is 5.54 Å². The molecule has 2 rings (SSSR count). The second-order valence-corrected chi connectivity index (χ2v) is 5.09. The summed E-state index contributed by atoms with van der Waals surface area (Å²) in [5.41, 5.74) is -0.770. The molecular weight excluding hydrogens is 208 g/mol. The lowest BCUT2D eigenvalue weighted by molar-refractivity contribution is -0.155. The number of nitrogens with zero attached hydrogens (tertiary/aromatic N) is 1. The number of piperazine rings is 1. The summed E-state index contributed by atoms with van der Waals surface area (Å²) >= 11 is 0. The van der Waals surface area contributed by atoms with E-state index >= 15 is 0 Å². The van der Waals surface area contributed by atoms with Crippen molar-refractivity contribution >= 4 is 11.8 Å². The van der Waals surface area contributed by atoms with E-state index in [2.05, 4.69) is 5.32 Å². The number of amides is 2. The summed E-state index contributed by atoms with van der Waals surface area (Å²) in [6.07, 6.45) is 1.92. The van der Waals surface area contributed by atoms with Crippen LogP contribution in [0.15, 0.2) is 0 Å². The molecule has 1 N–H and O–H groups in total. The molecule has 2 fully saturated rings. The van der Waals surface area contributed by atoms with E-state index in [1.807, 2.05) is 0 Å². The van der Waals surface area contributed by atoms with Crippen molar-refractivity contribution in [3.8, 4) is 0 Å². The third-order valence-electron chi connectivity index (χ3n) is 3.41. The van der Waals surface area contributed by atoms with Gasteiger partial charge in [-0.1, -0.05) is 0 Å². The summed E-state index contributed by atoms with van der Waals surface area (Å²) in [4.78, 5) is 25.3. The SMILES string of the molecule is COC1CC(N2CC(=O)NC(C)(C)C2=O)C1. The average molecular weight is 226 g/mol. The van der Waals surface area contributed by atoms with Crippen LogP contribution >= 0.6 is 0 Å². The summed E-state index contributed by atoms with van der Waals surface area (Å²) in [5.74, 6) is -0.0721. The Kier molecular flexibility index (Phi) is 2.66. The van der Waals surface area contributed by atoms with Crippen LogP contribution in [0.5, 0.6) is 0 Å². The van der Waals surface area contributed by atoms with Crippen molar-refractivity contribution in [2.75, 3.05) is 13.7 Å². The number of hydrogen-bond acceptors (Lipinski definition) is 3. The van der Waals surface area contributed by atoms with Crippen molar-refractivity contribution in [1.82, 2.24) is 10.2 Å². The largest absolute Gasteiger partial charge is 0.381 e. The third kappa shape index (κ3) is 1.80. The zero-order valence-corrected chi connectivity index (χ0v) is 9.95. The average Bonchev–Trinajstić information content (AvgIpc) is 2.10. The van der Waals surface area contributed by atoms with Gasteiger partial charge in [0.15, 0.2) is 0 Å². The Labute approximate surface area is 95.1 Å². The molecule has 1 aliphatic carbocycles. The van der Waals surface area contributed by atoms with Gasteiger partial charge in [-0.3, -0.25) is 9.59 Å². The Bertz CT molecular complexity index is 321. The van der Waals surface area contributed by atoms with Gasteiger partial charge in [-0.25, -0.2) is 0 Å². The number of carbonyl (C=O) groups excluding carboxylic acids is 2. The highest BCUT2D eigenvalue weighted by Gasteiger charge is 2.45. The normalized spacial score (nSPS) is 33.3. The summed E-state index contributed by atoms with van der Waals surface area (Å²) < 4.78 is 5.18. The monoisotopic (exact) mass is 226 g/mol. The lowest BCUT2D eigenvalue weighted by atomic mass is 9.85. The predicted molar refractivity (Wildman–Crippen MR) is 57.8 cm³/mol. The fourth-order valence-electron chi connectivity index (χ4n) is 2.31. The molecule has 0 atom stereocenters. The van der Waals surface area contributed by atoms with Crippen molar-refractivity contribution in [3.63, 3.8) is 0 Å². The maximum atomic E-state index is 12.1. The molecule has 90 valence electrons. The second kappa shape index (κ2) is 3.73. The van der Waals surface area contributed by atoms with E-state index in [1.54, 1.807) is 25.9 Å². The van der Waals surface area contributed by atoms with Crippen molar-refractivity contribution in [2.24, 2.45) is 0 Å². The van der Waals surface area contributed by atoms with Crippen LogP contribution in [0.25, 0.3) is 0 Å². The molecule has 1 aliphatic heterocycles. The number of ether oxygens (including phenoxy) is 1. The minimum atomic E-state index is -0.770. The molecule has 1 heterocycles. The highest BCUT2D eigenvalue weighted by molar-refractivity contribution is 5.97. The number of nitrogens with one attached hydrogen (secondary N) is 1. The van der Waals surface area contributed by atoms with Gasteiger partial charge in [0.1, 0.15) is 5.54 Å². The van der Waals surface area contributed by atoms with E-state index in [0.717, 1.165) is 12.8 Å². The minimum Gasteiger partial charge on any atom is -0.381 e. The first kappa shape index (κ1) is 11.4. The van der Waals surface area contributed by atoms with Crippen LogP contribution in [0.1, 0.15) is 26.7 Å². The Morgan fingerprint density at radius 1 is 1.38 bits per heavy atom.